The topological polar surface area (TPSA) is 108 Å². The van der Waals surface area contributed by atoms with E-state index in [4.69, 9.17) is 0 Å². The quantitative estimate of drug-likeness (QED) is 0.661. The Labute approximate surface area is 146 Å². The van der Waals surface area contributed by atoms with Crippen molar-refractivity contribution in [2.45, 2.75) is 18.9 Å². The standard InChI is InChI=1S/C16H22N8O/c25-16(22-9-8-19-14-12-17-6-7-18-14)23-13-2-10-24(11-3-13)15-20-4-1-5-21-15/h1,4-7,12-13H,2-3,8-11H2,(H,18,19)(H2,22,23,25). The summed E-state index contributed by atoms with van der Waals surface area (Å²) in [6.45, 7) is 2.78. The first kappa shape index (κ1) is 16.9. The molecule has 9 nitrogen and oxygen atoms in total. The maximum Gasteiger partial charge on any atom is 0.315 e. The molecule has 0 spiro atoms. The SMILES string of the molecule is O=C(NCCNc1cnccn1)NC1CCN(c2ncccn2)CC1. The van der Waals surface area contributed by atoms with Gasteiger partial charge in [0.15, 0.2) is 0 Å². The van der Waals surface area contributed by atoms with E-state index in [1.165, 1.54) is 0 Å². The number of carbonyl (C=O) groups is 1. The summed E-state index contributed by atoms with van der Waals surface area (Å²) >= 11 is 0. The van der Waals surface area contributed by atoms with Gasteiger partial charge in [-0.2, -0.15) is 0 Å². The van der Waals surface area contributed by atoms with Crippen LogP contribution in [0, 0.1) is 0 Å². The van der Waals surface area contributed by atoms with E-state index in [0.717, 1.165) is 31.9 Å². The number of amides is 2. The zero-order valence-electron chi connectivity index (χ0n) is 13.9. The number of anilines is 2. The van der Waals surface area contributed by atoms with Gasteiger partial charge in [0.05, 0.1) is 6.20 Å². The van der Waals surface area contributed by atoms with Gasteiger partial charge in [0.2, 0.25) is 5.95 Å². The van der Waals surface area contributed by atoms with Gasteiger partial charge in [0, 0.05) is 57.0 Å². The number of carbonyl (C=O) groups excluding carboxylic acids is 1. The number of rotatable bonds is 6. The average molecular weight is 342 g/mol. The largest absolute Gasteiger partial charge is 0.367 e. The average Bonchev–Trinajstić information content (AvgIpc) is 2.67. The highest BCUT2D eigenvalue weighted by Crippen LogP contribution is 2.15. The van der Waals surface area contributed by atoms with Crippen LogP contribution in [0.2, 0.25) is 0 Å². The Hall–Kier alpha value is -2.97. The van der Waals surface area contributed by atoms with Gasteiger partial charge < -0.3 is 20.9 Å². The summed E-state index contributed by atoms with van der Waals surface area (Å²) in [5, 5.41) is 8.95. The smallest absolute Gasteiger partial charge is 0.315 e. The minimum atomic E-state index is -0.143. The lowest BCUT2D eigenvalue weighted by atomic mass is 10.1. The zero-order chi connectivity index (χ0) is 17.3. The number of urea groups is 1. The van der Waals surface area contributed by atoms with Crippen LogP contribution in [0.5, 0.6) is 0 Å². The molecule has 0 aliphatic carbocycles. The third-order valence-electron chi connectivity index (χ3n) is 3.95. The van der Waals surface area contributed by atoms with Gasteiger partial charge in [0.25, 0.3) is 0 Å². The van der Waals surface area contributed by atoms with Crippen molar-refractivity contribution >= 4 is 17.8 Å². The van der Waals surface area contributed by atoms with Crippen LogP contribution >= 0.6 is 0 Å². The van der Waals surface area contributed by atoms with E-state index < -0.39 is 0 Å². The van der Waals surface area contributed by atoms with E-state index in [1.807, 2.05) is 0 Å². The second-order valence-electron chi connectivity index (χ2n) is 5.73. The Bertz CT molecular complexity index is 646. The second-order valence-corrected chi connectivity index (χ2v) is 5.73. The number of piperidine rings is 1. The summed E-state index contributed by atoms with van der Waals surface area (Å²) in [5.41, 5.74) is 0. The van der Waals surface area contributed by atoms with E-state index in [0.29, 0.717) is 18.9 Å². The molecule has 2 aromatic rings. The molecule has 2 amide bonds. The molecular weight excluding hydrogens is 320 g/mol. The molecule has 0 bridgehead atoms. The van der Waals surface area contributed by atoms with Gasteiger partial charge in [-0.05, 0) is 18.9 Å². The molecule has 132 valence electrons. The summed E-state index contributed by atoms with van der Waals surface area (Å²) in [6, 6.07) is 1.84. The molecule has 0 aromatic carbocycles. The minimum absolute atomic E-state index is 0.143. The van der Waals surface area contributed by atoms with E-state index in [1.54, 1.807) is 37.1 Å². The Morgan fingerprint density at radius 3 is 2.60 bits per heavy atom. The Morgan fingerprint density at radius 1 is 1.08 bits per heavy atom. The molecule has 1 aliphatic heterocycles. The van der Waals surface area contributed by atoms with Gasteiger partial charge in [0.1, 0.15) is 5.82 Å². The second kappa shape index (κ2) is 8.76. The molecule has 1 aliphatic rings. The first-order valence-corrected chi connectivity index (χ1v) is 8.37. The highest BCUT2D eigenvalue weighted by Gasteiger charge is 2.21. The third kappa shape index (κ3) is 5.27. The van der Waals surface area contributed by atoms with Crippen molar-refractivity contribution in [2.24, 2.45) is 0 Å². The van der Waals surface area contributed by atoms with Gasteiger partial charge >= 0.3 is 6.03 Å². The summed E-state index contributed by atoms with van der Waals surface area (Å²) in [5.74, 6) is 1.45. The fourth-order valence-electron chi connectivity index (χ4n) is 2.67. The van der Waals surface area contributed by atoms with Crippen molar-refractivity contribution in [2.75, 3.05) is 36.4 Å². The number of aromatic nitrogens is 4. The van der Waals surface area contributed by atoms with Crippen LogP contribution in [0.4, 0.5) is 16.6 Å². The monoisotopic (exact) mass is 342 g/mol. The summed E-state index contributed by atoms with van der Waals surface area (Å²) in [6.07, 6.45) is 10.1. The van der Waals surface area contributed by atoms with E-state index in [2.05, 4.69) is 40.8 Å². The molecule has 25 heavy (non-hydrogen) atoms. The predicted octanol–water partition coefficient (Wildman–Crippen LogP) is 0.647. The molecule has 9 heteroatoms. The molecule has 3 rings (SSSR count). The summed E-state index contributed by atoms with van der Waals surface area (Å²) < 4.78 is 0. The number of hydrogen-bond donors (Lipinski definition) is 3. The molecule has 2 aromatic heterocycles. The zero-order valence-corrected chi connectivity index (χ0v) is 13.9. The van der Waals surface area contributed by atoms with Crippen LogP contribution in [-0.4, -0.2) is 58.2 Å². The Morgan fingerprint density at radius 2 is 1.88 bits per heavy atom. The van der Waals surface area contributed by atoms with Crippen molar-refractivity contribution in [3.8, 4) is 0 Å². The highest BCUT2D eigenvalue weighted by atomic mass is 16.2. The lowest BCUT2D eigenvalue weighted by Crippen LogP contribution is -2.48. The van der Waals surface area contributed by atoms with Crippen LogP contribution in [0.3, 0.4) is 0 Å². The molecule has 1 fully saturated rings. The van der Waals surface area contributed by atoms with Crippen LogP contribution in [0.15, 0.2) is 37.1 Å². The van der Waals surface area contributed by atoms with E-state index in [9.17, 15) is 4.79 Å². The maximum atomic E-state index is 12.0. The van der Waals surface area contributed by atoms with Gasteiger partial charge in [-0.15, -0.1) is 0 Å². The first-order valence-electron chi connectivity index (χ1n) is 8.37. The van der Waals surface area contributed by atoms with Gasteiger partial charge in [-0.3, -0.25) is 4.98 Å². The number of hydrogen-bond acceptors (Lipinski definition) is 7. The Balaban J connectivity index is 1.31. The molecule has 1 saturated heterocycles. The van der Waals surface area contributed by atoms with Crippen molar-refractivity contribution in [3.05, 3.63) is 37.1 Å². The van der Waals surface area contributed by atoms with Crippen LogP contribution < -0.4 is 20.9 Å². The van der Waals surface area contributed by atoms with Crippen LogP contribution in [0.25, 0.3) is 0 Å². The lowest BCUT2D eigenvalue weighted by Gasteiger charge is -2.32. The van der Waals surface area contributed by atoms with E-state index in [-0.39, 0.29) is 12.1 Å². The Kier molecular flexibility index (Phi) is 5.91. The van der Waals surface area contributed by atoms with Gasteiger partial charge in [-0.25, -0.2) is 19.7 Å². The fourth-order valence-corrected chi connectivity index (χ4v) is 2.67. The van der Waals surface area contributed by atoms with Crippen molar-refractivity contribution in [1.82, 2.24) is 30.6 Å². The number of nitrogens with one attached hydrogen (secondary N) is 3. The third-order valence-corrected chi connectivity index (χ3v) is 3.95. The van der Waals surface area contributed by atoms with Crippen molar-refractivity contribution < 1.29 is 4.79 Å². The highest BCUT2D eigenvalue weighted by molar-refractivity contribution is 5.74. The first-order chi connectivity index (χ1) is 12.3. The molecule has 3 N–H and O–H groups in total. The van der Waals surface area contributed by atoms with Crippen molar-refractivity contribution in [1.29, 1.82) is 0 Å². The van der Waals surface area contributed by atoms with Crippen LogP contribution in [-0.2, 0) is 0 Å². The molecule has 3 heterocycles. The molecule has 0 atom stereocenters. The van der Waals surface area contributed by atoms with E-state index >= 15 is 0 Å². The molecular formula is C16H22N8O. The fraction of sp³-hybridized carbons (Fsp3) is 0.438. The normalized spacial score (nSPS) is 14.8. The molecule has 0 unspecified atom stereocenters. The summed E-state index contributed by atoms with van der Waals surface area (Å²) in [4.78, 5) is 30.7. The molecule has 0 saturated carbocycles. The minimum Gasteiger partial charge on any atom is -0.367 e. The number of nitrogens with zero attached hydrogens (tertiary/aromatic N) is 5. The lowest BCUT2D eigenvalue weighted by molar-refractivity contribution is 0.234. The maximum absolute atomic E-state index is 12.0. The predicted molar refractivity (Wildman–Crippen MR) is 94.3 cm³/mol. The van der Waals surface area contributed by atoms with Crippen molar-refractivity contribution in [3.63, 3.8) is 0 Å². The summed E-state index contributed by atoms with van der Waals surface area (Å²) in [7, 11) is 0. The van der Waals surface area contributed by atoms with Gasteiger partial charge in [-0.1, -0.05) is 0 Å². The molecule has 0 radical (unpaired) electrons. The van der Waals surface area contributed by atoms with Crippen LogP contribution in [0.1, 0.15) is 12.8 Å².